The molecule has 1 aromatic rings. The molecular formula is C12H15BrClN. The maximum absolute atomic E-state index is 5.92. The molecule has 1 saturated heterocycles. The molecule has 1 aromatic carbocycles. The van der Waals surface area contributed by atoms with Crippen molar-refractivity contribution in [2.75, 3.05) is 13.1 Å². The molecule has 0 bridgehead atoms. The van der Waals surface area contributed by atoms with E-state index in [4.69, 9.17) is 11.6 Å². The molecule has 1 aliphatic rings. The van der Waals surface area contributed by atoms with Gasteiger partial charge in [-0.25, -0.2) is 0 Å². The molecule has 3 heteroatoms. The summed E-state index contributed by atoms with van der Waals surface area (Å²) >= 11 is 9.49. The molecule has 0 aromatic heterocycles. The smallest absolute Gasteiger partial charge is 0.0417 e. The Morgan fingerprint density at radius 2 is 2.07 bits per heavy atom. The van der Waals surface area contributed by atoms with Crippen LogP contribution >= 0.6 is 27.5 Å². The van der Waals surface area contributed by atoms with Crippen LogP contribution in [0, 0.1) is 5.92 Å². The van der Waals surface area contributed by atoms with Gasteiger partial charge in [0.05, 0.1) is 0 Å². The van der Waals surface area contributed by atoms with Crippen molar-refractivity contribution >= 4 is 27.5 Å². The Balaban J connectivity index is 2.03. The van der Waals surface area contributed by atoms with E-state index in [0.29, 0.717) is 0 Å². The predicted octanol–water partition coefficient (Wildman–Crippen LogP) is 3.64. The van der Waals surface area contributed by atoms with Gasteiger partial charge in [-0.05, 0) is 56.0 Å². The van der Waals surface area contributed by atoms with E-state index in [9.17, 15) is 0 Å². The minimum Gasteiger partial charge on any atom is -0.317 e. The summed E-state index contributed by atoms with van der Waals surface area (Å²) in [4.78, 5) is 0. The third-order valence-corrected chi connectivity index (χ3v) is 3.96. The highest BCUT2D eigenvalue weighted by molar-refractivity contribution is 9.10. The maximum Gasteiger partial charge on any atom is 0.0417 e. The third-order valence-electron chi connectivity index (χ3n) is 2.98. The normalized spacial score (nSPS) is 18.0. The first-order chi connectivity index (χ1) is 7.25. The van der Waals surface area contributed by atoms with E-state index >= 15 is 0 Å². The van der Waals surface area contributed by atoms with Gasteiger partial charge in [0, 0.05) is 9.50 Å². The van der Waals surface area contributed by atoms with Crippen LogP contribution in [-0.4, -0.2) is 13.1 Å². The second-order valence-corrected chi connectivity index (χ2v) is 5.42. The number of halogens is 2. The minimum atomic E-state index is 0.802. The van der Waals surface area contributed by atoms with E-state index in [-0.39, 0.29) is 0 Å². The lowest BCUT2D eigenvalue weighted by molar-refractivity contribution is 0.372. The largest absolute Gasteiger partial charge is 0.317 e. The van der Waals surface area contributed by atoms with Crippen molar-refractivity contribution in [1.82, 2.24) is 5.32 Å². The summed E-state index contributed by atoms with van der Waals surface area (Å²) in [7, 11) is 0. The van der Waals surface area contributed by atoms with E-state index < -0.39 is 0 Å². The highest BCUT2D eigenvalue weighted by Crippen LogP contribution is 2.26. The Morgan fingerprint density at radius 3 is 2.73 bits per heavy atom. The summed E-state index contributed by atoms with van der Waals surface area (Å²) in [6.45, 7) is 2.33. The van der Waals surface area contributed by atoms with Gasteiger partial charge >= 0.3 is 0 Å². The molecule has 1 heterocycles. The fourth-order valence-corrected chi connectivity index (χ4v) is 2.93. The SMILES string of the molecule is Clc1ccc(CC2CCNCC2)c(Br)c1. The number of hydrogen-bond acceptors (Lipinski definition) is 1. The summed E-state index contributed by atoms with van der Waals surface area (Å²) in [5, 5.41) is 4.19. The van der Waals surface area contributed by atoms with Gasteiger partial charge in [0.2, 0.25) is 0 Å². The van der Waals surface area contributed by atoms with Crippen molar-refractivity contribution in [2.45, 2.75) is 19.3 Å². The zero-order valence-corrected chi connectivity index (χ0v) is 10.9. The summed E-state index contributed by atoms with van der Waals surface area (Å²) in [5.74, 6) is 0.823. The van der Waals surface area contributed by atoms with Crippen molar-refractivity contribution in [3.05, 3.63) is 33.3 Å². The molecule has 0 spiro atoms. The fourth-order valence-electron chi connectivity index (χ4n) is 2.08. The van der Waals surface area contributed by atoms with Gasteiger partial charge in [-0.15, -0.1) is 0 Å². The van der Waals surface area contributed by atoms with Gasteiger partial charge in [0.15, 0.2) is 0 Å². The van der Waals surface area contributed by atoms with Crippen LogP contribution in [0.1, 0.15) is 18.4 Å². The van der Waals surface area contributed by atoms with Crippen LogP contribution < -0.4 is 5.32 Å². The Labute approximate surface area is 104 Å². The zero-order chi connectivity index (χ0) is 10.7. The van der Waals surface area contributed by atoms with Gasteiger partial charge < -0.3 is 5.32 Å². The number of piperidine rings is 1. The molecule has 0 atom stereocenters. The monoisotopic (exact) mass is 287 g/mol. The van der Waals surface area contributed by atoms with Gasteiger partial charge in [-0.3, -0.25) is 0 Å². The lowest BCUT2D eigenvalue weighted by atomic mass is 9.91. The number of hydrogen-bond donors (Lipinski definition) is 1. The van der Waals surface area contributed by atoms with Crippen LogP contribution in [0.15, 0.2) is 22.7 Å². The predicted molar refractivity (Wildman–Crippen MR) is 68.4 cm³/mol. The summed E-state index contributed by atoms with van der Waals surface area (Å²) in [6.07, 6.45) is 3.74. The molecule has 15 heavy (non-hydrogen) atoms. The molecule has 0 aliphatic carbocycles. The van der Waals surface area contributed by atoms with Gasteiger partial charge in [-0.2, -0.15) is 0 Å². The number of rotatable bonds is 2. The van der Waals surface area contributed by atoms with Gasteiger partial charge in [-0.1, -0.05) is 33.6 Å². The van der Waals surface area contributed by atoms with Crippen molar-refractivity contribution in [2.24, 2.45) is 5.92 Å². The Hall–Kier alpha value is -0.0500. The molecular weight excluding hydrogens is 273 g/mol. The van der Waals surface area contributed by atoms with E-state index in [2.05, 4.69) is 27.3 Å². The molecule has 1 N–H and O–H groups in total. The lowest BCUT2D eigenvalue weighted by Gasteiger charge is -2.23. The van der Waals surface area contributed by atoms with E-state index in [1.807, 2.05) is 12.1 Å². The first-order valence-corrected chi connectivity index (χ1v) is 6.57. The van der Waals surface area contributed by atoms with E-state index in [0.717, 1.165) is 28.5 Å². The lowest BCUT2D eigenvalue weighted by Crippen LogP contribution is -2.28. The minimum absolute atomic E-state index is 0.802. The van der Waals surface area contributed by atoms with E-state index in [1.54, 1.807) is 0 Å². The van der Waals surface area contributed by atoms with Crippen molar-refractivity contribution in [3.8, 4) is 0 Å². The fraction of sp³-hybridized carbons (Fsp3) is 0.500. The molecule has 0 saturated carbocycles. The summed E-state index contributed by atoms with van der Waals surface area (Å²) in [6, 6.07) is 6.09. The molecule has 1 fully saturated rings. The first kappa shape index (κ1) is 11.4. The van der Waals surface area contributed by atoms with Crippen molar-refractivity contribution in [1.29, 1.82) is 0 Å². The molecule has 0 unspecified atom stereocenters. The molecule has 82 valence electrons. The number of nitrogens with one attached hydrogen (secondary N) is 1. The summed E-state index contributed by atoms with van der Waals surface area (Å²) in [5.41, 5.74) is 1.38. The molecule has 2 rings (SSSR count). The second kappa shape index (κ2) is 5.33. The van der Waals surface area contributed by atoms with Crippen molar-refractivity contribution in [3.63, 3.8) is 0 Å². The highest BCUT2D eigenvalue weighted by atomic mass is 79.9. The van der Waals surface area contributed by atoms with Crippen LogP contribution in [0.25, 0.3) is 0 Å². The molecule has 1 aliphatic heterocycles. The van der Waals surface area contributed by atoms with Gasteiger partial charge in [0.1, 0.15) is 0 Å². The zero-order valence-electron chi connectivity index (χ0n) is 8.60. The van der Waals surface area contributed by atoms with Gasteiger partial charge in [0.25, 0.3) is 0 Å². The third kappa shape index (κ3) is 3.20. The van der Waals surface area contributed by atoms with Crippen LogP contribution in [0.2, 0.25) is 5.02 Å². The van der Waals surface area contributed by atoms with Crippen molar-refractivity contribution < 1.29 is 0 Å². The first-order valence-electron chi connectivity index (χ1n) is 5.40. The second-order valence-electron chi connectivity index (χ2n) is 4.13. The summed E-state index contributed by atoms with van der Waals surface area (Å²) < 4.78 is 1.15. The Bertz CT molecular complexity index is 334. The van der Waals surface area contributed by atoms with Crippen LogP contribution in [0.4, 0.5) is 0 Å². The Kier molecular flexibility index (Phi) is 4.06. The molecule has 1 nitrogen and oxygen atoms in total. The molecule has 0 radical (unpaired) electrons. The topological polar surface area (TPSA) is 12.0 Å². The number of benzene rings is 1. The average molecular weight is 289 g/mol. The van der Waals surface area contributed by atoms with E-state index in [1.165, 1.54) is 24.8 Å². The molecule has 0 amide bonds. The Morgan fingerprint density at radius 1 is 1.33 bits per heavy atom. The standard InChI is InChI=1S/C12H15BrClN/c13-12-8-11(14)2-1-10(12)7-9-3-5-15-6-4-9/h1-2,8-9,15H,3-7H2. The average Bonchev–Trinajstić information content (AvgIpc) is 2.24. The van der Waals surface area contributed by atoms with Crippen LogP contribution in [0.5, 0.6) is 0 Å². The van der Waals surface area contributed by atoms with Crippen LogP contribution in [0.3, 0.4) is 0 Å². The quantitative estimate of drug-likeness (QED) is 0.876. The van der Waals surface area contributed by atoms with Crippen LogP contribution in [-0.2, 0) is 6.42 Å². The maximum atomic E-state index is 5.92. The highest BCUT2D eigenvalue weighted by Gasteiger charge is 2.14.